The first-order valence-electron chi connectivity index (χ1n) is 10.00. The van der Waals surface area contributed by atoms with E-state index in [0.717, 1.165) is 25.0 Å². The molecule has 1 aliphatic carbocycles. The van der Waals surface area contributed by atoms with Gasteiger partial charge in [-0.1, -0.05) is 19.1 Å². The maximum absolute atomic E-state index is 13.0. The van der Waals surface area contributed by atoms with Crippen molar-refractivity contribution in [1.29, 1.82) is 0 Å². The molecule has 1 atom stereocenters. The van der Waals surface area contributed by atoms with Gasteiger partial charge in [-0.05, 0) is 48.9 Å². The number of alkyl halides is 3. The number of aliphatic hydroxyl groups is 1. The van der Waals surface area contributed by atoms with E-state index in [9.17, 15) is 23.1 Å². The van der Waals surface area contributed by atoms with Crippen LogP contribution in [-0.2, 0) is 11.0 Å². The van der Waals surface area contributed by atoms with Crippen molar-refractivity contribution in [2.75, 3.05) is 19.8 Å². The Labute approximate surface area is 173 Å². The molecular weight excluding hydrogens is 397 g/mol. The normalized spacial score (nSPS) is 15.1. The van der Waals surface area contributed by atoms with E-state index in [1.165, 1.54) is 29.6 Å². The number of hydroxylamine groups is 2. The highest BCUT2D eigenvalue weighted by atomic mass is 19.4. The Hall–Kier alpha value is -2.45. The van der Waals surface area contributed by atoms with Crippen LogP contribution in [0.5, 0.6) is 0 Å². The van der Waals surface area contributed by atoms with E-state index in [2.05, 4.69) is 4.98 Å². The van der Waals surface area contributed by atoms with Gasteiger partial charge in [-0.2, -0.15) is 13.2 Å². The summed E-state index contributed by atoms with van der Waals surface area (Å²) >= 11 is 0. The molecule has 8 heteroatoms. The van der Waals surface area contributed by atoms with Crippen molar-refractivity contribution in [2.45, 2.75) is 32.4 Å². The van der Waals surface area contributed by atoms with Gasteiger partial charge in [0.2, 0.25) is 0 Å². The topological polar surface area (TPSA) is 62.7 Å². The summed E-state index contributed by atoms with van der Waals surface area (Å²) in [5.74, 6) is -0.0471. The minimum absolute atomic E-state index is 0.0586. The summed E-state index contributed by atoms with van der Waals surface area (Å²) < 4.78 is 38.3. The quantitative estimate of drug-likeness (QED) is 0.602. The average molecular weight is 422 g/mol. The molecule has 0 radical (unpaired) electrons. The predicted octanol–water partition coefficient (Wildman–Crippen LogP) is 4.57. The van der Waals surface area contributed by atoms with Crippen molar-refractivity contribution in [3.8, 4) is 11.1 Å². The zero-order chi connectivity index (χ0) is 21.7. The number of hydrogen-bond acceptors (Lipinski definition) is 4. The van der Waals surface area contributed by atoms with E-state index in [1.807, 2.05) is 6.92 Å². The molecule has 1 amide bonds. The Balaban J connectivity index is 1.79. The number of carbonyl (C=O) groups is 1. The van der Waals surface area contributed by atoms with Gasteiger partial charge < -0.3 is 5.11 Å². The van der Waals surface area contributed by atoms with Crippen molar-refractivity contribution in [3.63, 3.8) is 0 Å². The number of aliphatic hydroxyl groups excluding tert-OH is 1. The van der Waals surface area contributed by atoms with Crippen molar-refractivity contribution in [2.24, 2.45) is 11.8 Å². The first-order valence-corrected chi connectivity index (χ1v) is 10.00. The molecule has 1 fully saturated rings. The summed E-state index contributed by atoms with van der Waals surface area (Å²) in [6.45, 7) is 2.57. The highest BCUT2D eigenvalue weighted by Gasteiger charge is 2.30. The molecule has 0 saturated heterocycles. The van der Waals surface area contributed by atoms with Crippen LogP contribution in [0.3, 0.4) is 0 Å². The monoisotopic (exact) mass is 422 g/mol. The average Bonchev–Trinajstić information content (AvgIpc) is 3.58. The largest absolute Gasteiger partial charge is 0.416 e. The third-order valence-corrected chi connectivity index (χ3v) is 5.18. The Morgan fingerprint density at radius 2 is 1.93 bits per heavy atom. The molecule has 1 unspecified atom stereocenters. The Kier molecular flexibility index (Phi) is 7.10. The molecule has 1 aromatic heterocycles. The molecule has 1 aromatic carbocycles. The summed E-state index contributed by atoms with van der Waals surface area (Å²) in [5.41, 5.74) is 0.597. The van der Waals surface area contributed by atoms with Crippen LogP contribution in [0.4, 0.5) is 13.2 Å². The second-order valence-corrected chi connectivity index (χ2v) is 7.60. The summed E-state index contributed by atoms with van der Waals surface area (Å²) in [6, 6.07) is 6.30. The SMILES string of the molecule is CCC(CO)CN(OCC1CC1)C(=O)c1cncc(-c2ccc(C(F)(F)F)cc2)c1. The molecule has 5 nitrogen and oxygen atoms in total. The minimum Gasteiger partial charge on any atom is -0.396 e. The van der Waals surface area contributed by atoms with Crippen molar-refractivity contribution in [1.82, 2.24) is 10.0 Å². The van der Waals surface area contributed by atoms with Crippen LogP contribution in [0.25, 0.3) is 11.1 Å². The lowest BCUT2D eigenvalue weighted by atomic mass is 10.0. The van der Waals surface area contributed by atoms with E-state index in [-0.39, 0.29) is 30.5 Å². The molecule has 0 aliphatic heterocycles. The van der Waals surface area contributed by atoms with Gasteiger partial charge in [-0.3, -0.25) is 14.6 Å². The van der Waals surface area contributed by atoms with Gasteiger partial charge in [0.25, 0.3) is 5.91 Å². The van der Waals surface area contributed by atoms with Crippen LogP contribution >= 0.6 is 0 Å². The van der Waals surface area contributed by atoms with Gasteiger partial charge in [0.05, 0.1) is 24.3 Å². The molecule has 162 valence electrons. The van der Waals surface area contributed by atoms with Crippen LogP contribution in [0.2, 0.25) is 0 Å². The van der Waals surface area contributed by atoms with Crippen molar-refractivity contribution in [3.05, 3.63) is 53.9 Å². The molecule has 30 heavy (non-hydrogen) atoms. The van der Waals surface area contributed by atoms with Crippen LogP contribution < -0.4 is 0 Å². The maximum atomic E-state index is 13.0. The first kappa shape index (κ1) is 22.2. The maximum Gasteiger partial charge on any atom is 0.416 e. The number of carbonyl (C=O) groups excluding carboxylic acids is 1. The van der Waals surface area contributed by atoms with E-state index < -0.39 is 11.7 Å². The van der Waals surface area contributed by atoms with Gasteiger partial charge in [-0.15, -0.1) is 0 Å². The zero-order valence-corrected chi connectivity index (χ0v) is 16.7. The zero-order valence-electron chi connectivity index (χ0n) is 16.7. The second-order valence-electron chi connectivity index (χ2n) is 7.60. The van der Waals surface area contributed by atoms with Gasteiger partial charge in [0.1, 0.15) is 0 Å². The molecule has 2 aromatic rings. The van der Waals surface area contributed by atoms with E-state index in [4.69, 9.17) is 4.84 Å². The Morgan fingerprint density at radius 3 is 2.50 bits per heavy atom. The van der Waals surface area contributed by atoms with E-state index >= 15 is 0 Å². The fourth-order valence-electron chi connectivity index (χ4n) is 2.93. The van der Waals surface area contributed by atoms with E-state index in [0.29, 0.717) is 30.1 Å². The summed E-state index contributed by atoms with van der Waals surface area (Å²) in [5, 5.41) is 10.8. The fraction of sp³-hybridized carbons (Fsp3) is 0.455. The third kappa shape index (κ3) is 5.79. The number of aromatic nitrogens is 1. The van der Waals surface area contributed by atoms with E-state index in [1.54, 1.807) is 6.07 Å². The van der Waals surface area contributed by atoms with Gasteiger partial charge >= 0.3 is 6.18 Å². The van der Waals surface area contributed by atoms with Crippen LogP contribution in [0.15, 0.2) is 42.7 Å². The molecule has 0 spiro atoms. The number of amides is 1. The second kappa shape index (κ2) is 9.57. The molecule has 1 aliphatic rings. The lowest BCUT2D eigenvalue weighted by molar-refractivity contribution is -0.137. The van der Waals surface area contributed by atoms with Gasteiger partial charge in [0.15, 0.2) is 0 Å². The fourth-order valence-corrected chi connectivity index (χ4v) is 2.93. The molecular formula is C22H25F3N2O3. The molecule has 0 bridgehead atoms. The third-order valence-electron chi connectivity index (χ3n) is 5.18. The Bertz CT molecular complexity index is 847. The highest BCUT2D eigenvalue weighted by molar-refractivity contribution is 5.94. The lowest BCUT2D eigenvalue weighted by Crippen LogP contribution is -2.37. The summed E-state index contributed by atoms with van der Waals surface area (Å²) in [7, 11) is 0. The summed E-state index contributed by atoms with van der Waals surface area (Å²) in [6.07, 6.45) is 1.34. The number of benzene rings is 1. The number of nitrogens with zero attached hydrogens (tertiary/aromatic N) is 2. The number of hydrogen-bond donors (Lipinski definition) is 1. The van der Waals surface area contributed by atoms with Gasteiger partial charge in [-0.25, -0.2) is 5.06 Å². The number of pyridine rings is 1. The molecule has 1 heterocycles. The number of rotatable bonds is 9. The minimum atomic E-state index is -4.41. The smallest absolute Gasteiger partial charge is 0.396 e. The van der Waals surface area contributed by atoms with Crippen molar-refractivity contribution < 1.29 is 27.9 Å². The lowest BCUT2D eigenvalue weighted by Gasteiger charge is -2.25. The predicted molar refractivity (Wildman–Crippen MR) is 105 cm³/mol. The van der Waals surface area contributed by atoms with Crippen LogP contribution in [0, 0.1) is 11.8 Å². The number of halogens is 3. The molecule has 1 saturated carbocycles. The van der Waals surface area contributed by atoms with Crippen molar-refractivity contribution >= 4 is 5.91 Å². The molecule has 1 N–H and O–H groups in total. The van der Waals surface area contributed by atoms with Crippen LogP contribution in [0.1, 0.15) is 42.1 Å². The summed E-state index contributed by atoms with van der Waals surface area (Å²) in [4.78, 5) is 22.9. The standard InChI is InChI=1S/C22H25F3N2O3/c1-2-15(13-28)12-27(30-14-16-3-4-16)21(29)19-9-18(10-26-11-19)17-5-7-20(8-6-17)22(23,24)25/h5-11,15-16,28H,2-4,12-14H2,1H3. The highest BCUT2D eigenvalue weighted by Crippen LogP contribution is 2.31. The Morgan fingerprint density at radius 1 is 1.23 bits per heavy atom. The van der Waals surface area contributed by atoms with Gasteiger partial charge in [0, 0.05) is 30.5 Å². The first-order chi connectivity index (χ1) is 14.3. The molecule has 3 rings (SSSR count). The van der Waals surface area contributed by atoms with Crippen LogP contribution in [-0.4, -0.2) is 40.8 Å².